The first-order valence-corrected chi connectivity index (χ1v) is 4.68. The summed E-state index contributed by atoms with van der Waals surface area (Å²) >= 11 is 0. The van der Waals surface area contributed by atoms with Crippen LogP contribution < -0.4 is 0 Å². The lowest BCUT2D eigenvalue weighted by atomic mass is 9.98. The monoisotopic (exact) mass is 153 g/mol. The molecule has 0 aliphatic carbocycles. The Morgan fingerprint density at radius 1 is 1.27 bits per heavy atom. The molecule has 0 fully saturated rings. The fourth-order valence-electron chi connectivity index (χ4n) is 1.23. The van der Waals surface area contributed by atoms with Gasteiger partial charge in [0.25, 0.3) is 0 Å². The second-order valence-electron chi connectivity index (χ2n) is 3.30. The molecule has 64 valence electrons. The quantitative estimate of drug-likeness (QED) is 0.536. The molecule has 0 aliphatic heterocycles. The molecule has 0 unspecified atom stereocenters. The molecule has 0 aliphatic rings. The Bertz CT molecular complexity index is 113. The van der Waals surface area contributed by atoms with Gasteiger partial charge in [-0.05, 0) is 18.8 Å². The van der Waals surface area contributed by atoms with E-state index in [1.165, 1.54) is 25.7 Å². The number of hydrogen-bond donors (Lipinski definition) is 0. The second kappa shape index (κ2) is 7.60. The van der Waals surface area contributed by atoms with Crippen LogP contribution in [0.4, 0.5) is 0 Å². The topological polar surface area (TPSA) is 23.8 Å². The molecule has 0 saturated heterocycles. The van der Waals surface area contributed by atoms with Crippen molar-refractivity contribution in [2.45, 2.75) is 52.4 Å². The average molecular weight is 153 g/mol. The zero-order chi connectivity index (χ0) is 8.53. The maximum Gasteiger partial charge on any atom is 0.0621 e. The highest BCUT2D eigenvalue weighted by Crippen LogP contribution is 2.14. The lowest BCUT2D eigenvalue weighted by Gasteiger charge is -2.07. The number of hydrogen-bond acceptors (Lipinski definition) is 1. The zero-order valence-electron chi connectivity index (χ0n) is 7.77. The van der Waals surface area contributed by atoms with Crippen LogP contribution in [0.1, 0.15) is 52.4 Å². The minimum absolute atomic E-state index is 0.733. The van der Waals surface area contributed by atoms with Gasteiger partial charge in [0, 0.05) is 6.42 Å². The van der Waals surface area contributed by atoms with Crippen molar-refractivity contribution < 1.29 is 0 Å². The van der Waals surface area contributed by atoms with E-state index in [1.54, 1.807) is 0 Å². The van der Waals surface area contributed by atoms with Gasteiger partial charge in [-0.25, -0.2) is 0 Å². The summed E-state index contributed by atoms with van der Waals surface area (Å²) in [4.78, 5) is 0. The molecule has 0 aromatic heterocycles. The van der Waals surface area contributed by atoms with E-state index in [4.69, 9.17) is 5.26 Å². The van der Waals surface area contributed by atoms with Crippen LogP contribution >= 0.6 is 0 Å². The van der Waals surface area contributed by atoms with Crippen LogP contribution in [0.15, 0.2) is 0 Å². The minimum atomic E-state index is 0.733. The Morgan fingerprint density at radius 3 is 2.45 bits per heavy atom. The second-order valence-corrected chi connectivity index (χ2v) is 3.30. The number of nitrogens with zero attached hydrogens (tertiary/aromatic N) is 1. The van der Waals surface area contributed by atoms with Crippen LogP contribution in [-0.4, -0.2) is 0 Å². The van der Waals surface area contributed by atoms with Crippen molar-refractivity contribution >= 4 is 0 Å². The fraction of sp³-hybridized carbons (Fsp3) is 0.900. The third-order valence-corrected chi connectivity index (χ3v) is 2.04. The van der Waals surface area contributed by atoms with Gasteiger partial charge < -0.3 is 0 Å². The van der Waals surface area contributed by atoms with Gasteiger partial charge in [-0.1, -0.05) is 33.1 Å². The van der Waals surface area contributed by atoms with Crippen molar-refractivity contribution in [3.8, 4) is 6.07 Å². The highest BCUT2D eigenvalue weighted by molar-refractivity contribution is 4.69. The molecule has 0 amide bonds. The van der Waals surface area contributed by atoms with Crippen molar-refractivity contribution in [3.63, 3.8) is 0 Å². The molecule has 0 rings (SSSR count). The van der Waals surface area contributed by atoms with Gasteiger partial charge in [0.15, 0.2) is 0 Å². The minimum Gasteiger partial charge on any atom is -0.198 e. The molecule has 0 aromatic carbocycles. The van der Waals surface area contributed by atoms with E-state index in [-0.39, 0.29) is 0 Å². The van der Waals surface area contributed by atoms with Crippen molar-refractivity contribution in [1.29, 1.82) is 5.26 Å². The highest BCUT2D eigenvalue weighted by Gasteiger charge is 1.99. The molecule has 1 atom stereocenters. The van der Waals surface area contributed by atoms with Gasteiger partial charge >= 0.3 is 0 Å². The summed E-state index contributed by atoms with van der Waals surface area (Å²) in [5, 5.41) is 8.31. The number of nitriles is 1. The Labute approximate surface area is 70.4 Å². The highest BCUT2D eigenvalue weighted by atomic mass is 14.2. The molecule has 0 spiro atoms. The van der Waals surface area contributed by atoms with Crippen LogP contribution in [0.5, 0.6) is 0 Å². The van der Waals surface area contributed by atoms with Crippen LogP contribution in [0.2, 0.25) is 0 Å². The lowest BCUT2D eigenvalue weighted by molar-refractivity contribution is 0.460. The molecule has 11 heavy (non-hydrogen) atoms. The van der Waals surface area contributed by atoms with Crippen LogP contribution in [0.25, 0.3) is 0 Å². The van der Waals surface area contributed by atoms with Gasteiger partial charge in [0.1, 0.15) is 0 Å². The van der Waals surface area contributed by atoms with E-state index in [0.717, 1.165) is 18.8 Å². The van der Waals surface area contributed by atoms with E-state index in [9.17, 15) is 0 Å². The Morgan fingerprint density at radius 2 is 1.91 bits per heavy atom. The van der Waals surface area contributed by atoms with Gasteiger partial charge in [-0.3, -0.25) is 0 Å². The zero-order valence-corrected chi connectivity index (χ0v) is 7.77. The SMILES string of the molecule is CCCC[C@H](C)CCCC#N. The van der Waals surface area contributed by atoms with Crippen molar-refractivity contribution in [2.75, 3.05) is 0 Å². The molecule has 1 nitrogen and oxygen atoms in total. The predicted octanol–water partition coefficient (Wildman–Crippen LogP) is 3.51. The Kier molecular flexibility index (Phi) is 7.24. The molecule has 0 saturated carbocycles. The number of rotatable bonds is 6. The van der Waals surface area contributed by atoms with Crippen molar-refractivity contribution in [2.24, 2.45) is 5.92 Å². The summed E-state index contributed by atoms with van der Waals surface area (Å²) < 4.78 is 0. The third-order valence-electron chi connectivity index (χ3n) is 2.04. The average Bonchev–Trinajstić information content (AvgIpc) is 2.01. The summed E-state index contributed by atoms with van der Waals surface area (Å²) in [6.07, 6.45) is 7.02. The molecule has 0 bridgehead atoms. The Balaban J connectivity index is 3.10. The summed E-state index contributed by atoms with van der Waals surface area (Å²) in [5.74, 6) is 0.822. The predicted molar refractivity (Wildman–Crippen MR) is 48.2 cm³/mol. The van der Waals surface area contributed by atoms with E-state index < -0.39 is 0 Å². The standard InChI is InChI=1S/C10H19N/c1-3-4-7-10(2)8-5-6-9-11/h10H,3-8H2,1-2H3/t10-/m0/s1. The van der Waals surface area contributed by atoms with Crippen molar-refractivity contribution in [1.82, 2.24) is 0 Å². The van der Waals surface area contributed by atoms with Crippen molar-refractivity contribution in [3.05, 3.63) is 0 Å². The van der Waals surface area contributed by atoms with E-state index in [0.29, 0.717) is 0 Å². The molecular weight excluding hydrogens is 134 g/mol. The van der Waals surface area contributed by atoms with Gasteiger partial charge in [0.05, 0.1) is 6.07 Å². The van der Waals surface area contributed by atoms with Crippen LogP contribution in [-0.2, 0) is 0 Å². The summed E-state index contributed by atoms with van der Waals surface area (Å²) in [5.41, 5.74) is 0. The normalized spacial score (nSPS) is 12.5. The van der Waals surface area contributed by atoms with Gasteiger partial charge in [0.2, 0.25) is 0 Å². The largest absolute Gasteiger partial charge is 0.198 e. The lowest BCUT2D eigenvalue weighted by Crippen LogP contribution is -1.93. The van der Waals surface area contributed by atoms with E-state index >= 15 is 0 Å². The molecule has 0 N–H and O–H groups in total. The molecule has 0 aromatic rings. The Hall–Kier alpha value is -0.510. The van der Waals surface area contributed by atoms with Gasteiger partial charge in [-0.15, -0.1) is 0 Å². The first-order valence-electron chi connectivity index (χ1n) is 4.68. The summed E-state index contributed by atoms with van der Waals surface area (Å²) in [7, 11) is 0. The maximum absolute atomic E-state index is 8.31. The maximum atomic E-state index is 8.31. The molecule has 0 heterocycles. The first kappa shape index (κ1) is 10.5. The van der Waals surface area contributed by atoms with Crippen LogP contribution in [0, 0.1) is 17.2 Å². The van der Waals surface area contributed by atoms with E-state index in [2.05, 4.69) is 19.9 Å². The van der Waals surface area contributed by atoms with Gasteiger partial charge in [-0.2, -0.15) is 5.26 Å². The molecule has 1 heteroatoms. The van der Waals surface area contributed by atoms with Crippen LogP contribution in [0.3, 0.4) is 0 Å². The van der Waals surface area contributed by atoms with E-state index in [1.807, 2.05) is 0 Å². The summed E-state index contributed by atoms with van der Waals surface area (Å²) in [6.45, 7) is 4.51. The summed E-state index contributed by atoms with van der Waals surface area (Å²) in [6, 6.07) is 2.18. The molecular formula is C10H19N. The first-order chi connectivity index (χ1) is 5.31. The number of unbranched alkanes of at least 4 members (excludes halogenated alkanes) is 2. The smallest absolute Gasteiger partial charge is 0.0621 e. The third kappa shape index (κ3) is 7.39. The molecule has 0 radical (unpaired) electrons. The fourth-order valence-corrected chi connectivity index (χ4v) is 1.23.